The Morgan fingerprint density at radius 3 is 2.64 bits per heavy atom. The molecule has 0 aliphatic rings. The quantitative estimate of drug-likeness (QED) is 0.251. The minimum Gasteiger partial charge on any atom is -0.427 e. The first kappa shape index (κ1) is 21.8. The van der Waals surface area contributed by atoms with Gasteiger partial charge in [0.05, 0.1) is 6.04 Å². The van der Waals surface area contributed by atoms with Crippen molar-refractivity contribution in [3.63, 3.8) is 0 Å². The Hall–Kier alpha value is -2.51. The van der Waals surface area contributed by atoms with Crippen LogP contribution in [0.5, 0.6) is 0 Å². The highest BCUT2D eigenvalue weighted by atomic mass is 19.2. The molecule has 0 spiro atoms. The van der Waals surface area contributed by atoms with Crippen molar-refractivity contribution in [3.05, 3.63) is 41.0 Å². The summed E-state index contributed by atoms with van der Waals surface area (Å²) >= 11 is 0. The molecule has 1 aromatic heterocycles. The number of rotatable bonds is 10. The number of halogens is 3. The smallest absolute Gasteiger partial charge is 0.427 e. The number of nitrogens with one attached hydrogen (secondary N) is 1. The summed E-state index contributed by atoms with van der Waals surface area (Å²) in [6.07, 6.45) is 1.84. The Morgan fingerprint density at radius 1 is 1.21 bits per heavy atom. The van der Waals surface area contributed by atoms with Crippen LogP contribution in [0.25, 0.3) is 0 Å². The number of unbranched alkanes of at least 4 members (excludes halogenated alkanes) is 1. The lowest BCUT2D eigenvalue weighted by Crippen LogP contribution is -2.30. The third-order valence-corrected chi connectivity index (χ3v) is 3.98. The number of carbonyl (C=O) groups is 1. The van der Waals surface area contributed by atoms with Gasteiger partial charge in [0, 0.05) is 18.2 Å². The Morgan fingerprint density at radius 2 is 1.93 bits per heavy atom. The number of nitrogens with zero attached hydrogens (tertiary/aromatic N) is 4. The second-order valence-corrected chi connectivity index (χ2v) is 6.20. The predicted octanol–water partition coefficient (Wildman–Crippen LogP) is 0.0497. The standard InChI is InChI=1S/C15H20BF3N6O3/c17-10-6-12(19)11(18)5-9(10)7-21-14(26)8-25-15(22-23-24-25)13(20)3-1-2-4-16(27)28/h5-6,13,27-28H,1-4,7-8,20H2,(H,21,26). The third kappa shape index (κ3) is 6.28. The minimum absolute atomic E-state index is 0.202. The first-order chi connectivity index (χ1) is 13.3. The summed E-state index contributed by atoms with van der Waals surface area (Å²) in [6, 6.07) is 0.514. The van der Waals surface area contributed by atoms with E-state index < -0.39 is 36.5 Å². The van der Waals surface area contributed by atoms with Gasteiger partial charge in [0.1, 0.15) is 12.4 Å². The monoisotopic (exact) mass is 400 g/mol. The molecule has 1 amide bonds. The highest BCUT2D eigenvalue weighted by Gasteiger charge is 2.18. The zero-order valence-corrected chi connectivity index (χ0v) is 14.9. The lowest BCUT2D eigenvalue weighted by Gasteiger charge is -2.12. The van der Waals surface area contributed by atoms with Crippen molar-refractivity contribution in [2.75, 3.05) is 0 Å². The van der Waals surface area contributed by atoms with Gasteiger partial charge in [-0.15, -0.1) is 5.10 Å². The number of benzene rings is 1. The molecule has 13 heteroatoms. The molecule has 9 nitrogen and oxygen atoms in total. The van der Waals surface area contributed by atoms with Crippen LogP contribution in [0.15, 0.2) is 12.1 Å². The second kappa shape index (κ2) is 10.2. The summed E-state index contributed by atoms with van der Waals surface area (Å²) in [5.41, 5.74) is 5.80. The summed E-state index contributed by atoms with van der Waals surface area (Å²) in [5, 5.41) is 30.9. The predicted molar refractivity (Wildman–Crippen MR) is 91.8 cm³/mol. The molecule has 5 N–H and O–H groups in total. The maximum absolute atomic E-state index is 13.6. The molecule has 0 fully saturated rings. The van der Waals surface area contributed by atoms with Gasteiger partial charge < -0.3 is 21.1 Å². The summed E-state index contributed by atoms with van der Waals surface area (Å²) in [4.78, 5) is 12.0. The molecule has 0 bridgehead atoms. The van der Waals surface area contributed by atoms with Gasteiger partial charge in [0.15, 0.2) is 17.5 Å². The van der Waals surface area contributed by atoms with Crippen LogP contribution < -0.4 is 11.1 Å². The molecule has 2 aromatic rings. The first-order valence-corrected chi connectivity index (χ1v) is 8.55. The van der Waals surface area contributed by atoms with E-state index in [-0.39, 0.29) is 30.8 Å². The van der Waals surface area contributed by atoms with Crippen molar-refractivity contribution < 1.29 is 28.0 Å². The fourth-order valence-electron chi connectivity index (χ4n) is 2.49. The van der Waals surface area contributed by atoms with Gasteiger partial charge in [-0.2, -0.15) is 0 Å². The lowest BCUT2D eigenvalue weighted by atomic mass is 9.83. The Kier molecular flexibility index (Phi) is 7.90. The van der Waals surface area contributed by atoms with E-state index in [1.54, 1.807) is 0 Å². The van der Waals surface area contributed by atoms with Crippen molar-refractivity contribution in [1.82, 2.24) is 25.5 Å². The van der Waals surface area contributed by atoms with Crippen LogP contribution in [0.2, 0.25) is 6.32 Å². The normalized spacial score (nSPS) is 12.1. The average molecular weight is 400 g/mol. The molecule has 1 heterocycles. The molecule has 28 heavy (non-hydrogen) atoms. The zero-order chi connectivity index (χ0) is 20.7. The summed E-state index contributed by atoms with van der Waals surface area (Å²) in [6.45, 7) is -0.633. The fourth-order valence-corrected chi connectivity index (χ4v) is 2.49. The SMILES string of the molecule is NC(CCCCB(O)O)c1nnnn1CC(=O)NCc1cc(F)c(F)cc1F. The van der Waals surface area contributed by atoms with E-state index in [4.69, 9.17) is 15.8 Å². The van der Waals surface area contributed by atoms with E-state index in [2.05, 4.69) is 20.8 Å². The van der Waals surface area contributed by atoms with E-state index in [0.29, 0.717) is 31.4 Å². The van der Waals surface area contributed by atoms with Gasteiger partial charge in [-0.05, 0) is 29.2 Å². The molecule has 0 saturated carbocycles. The number of aromatic nitrogens is 4. The van der Waals surface area contributed by atoms with E-state index in [9.17, 15) is 18.0 Å². The molecule has 0 aliphatic carbocycles. The molecular formula is C15H20BF3N6O3. The van der Waals surface area contributed by atoms with Crippen molar-refractivity contribution in [3.8, 4) is 0 Å². The Balaban J connectivity index is 1.88. The van der Waals surface area contributed by atoms with Crippen molar-refractivity contribution in [2.24, 2.45) is 5.73 Å². The van der Waals surface area contributed by atoms with Gasteiger partial charge in [-0.25, -0.2) is 17.9 Å². The van der Waals surface area contributed by atoms with Crippen LogP contribution >= 0.6 is 0 Å². The number of hydrogen-bond donors (Lipinski definition) is 4. The Labute approximate surface area is 158 Å². The molecule has 2 rings (SSSR count). The van der Waals surface area contributed by atoms with Crippen molar-refractivity contribution in [1.29, 1.82) is 0 Å². The summed E-state index contributed by atoms with van der Waals surface area (Å²) < 4.78 is 40.9. The summed E-state index contributed by atoms with van der Waals surface area (Å²) in [5.74, 6) is -3.81. The van der Waals surface area contributed by atoms with E-state index in [1.165, 1.54) is 4.68 Å². The highest BCUT2D eigenvalue weighted by molar-refractivity contribution is 6.40. The largest absolute Gasteiger partial charge is 0.451 e. The van der Waals surface area contributed by atoms with E-state index >= 15 is 0 Å². The second-order valence-electron chi connectivity index (χ2n) is 6.20. The highest BCUT2D eigenvalue weighted by Crippen LogP contribution is 2.15. The Bertz CT molecular complexity index is 807. The van der Waals surface area contributed by atoms with Gasteiger partial charge in [-0.1, -0.05) is 12.8 Å². The number of nitrogens with two attached hydrogens (primary N) is 1. The van der Waals surface area contributed by atoms with Gasteiger partial charge in [0.25, 0.3) is 0 Å². The van der Waals surface area contributed by atoms with E-state index in [1.807, 2.05) is 0 Å². The van der Waals surface area contributed by atoms with Gasteiger partial charge in [-0.3, -0.25) is 4.79 Å². The molecule has 152 valence electrons. The minimum atomic E-state index is -1.37. The van der Waals surface area contributed by atoms with Crippen LogP contribution in [-0.2, 0) is 17.9 Å². The van der Waals surface area contributed by atoms with Crippen LogP contribution in [0.1, 0.15) is 36.7 Å². The van der Waals surface area contributed by atoms with Crippen LogP contribution in [-0.4, -0.2) is 43.3 Å². The third-order valence-electron chi connectivity index (χ3n) is 3.98. The van der Waals surface area contributed by atoms with Crippen LogP contribution in [0.3, 0.4) is 0 Å². The number of tetrazole rings is 1. The molecular weight excluding hydrogens is 380 g/mol. The zero-order valence-electron chi connectivity index (χ0n) is 14.9. The van der Waals surface area contributed by atoms with Gasteiger partial charge >= 0.3 is 7.12 Å². The first-order valence-electron chi connectivity index (χ1n) is 8.55. The van der Waals surface area contributed by atoms with Crippen LogP contribution in [0.4, 0.5) is 13.2 Å². The molecule has 0 saturated heterocycles. The van der Waals surface area contributed by atoms with Gasteiger partial charge in [0.2, 0.25) is 5.91 Å². The molecule has 0 radical (unpaired) electrons. The average Bonchev–Trinajstić information content (AvgIpc) is 3.08. The summed E-state index contributed by atoms with van der Waals surface area (Å²) in [7, 11) is -1.37. The molecule has 0 aliphatic heterocycles. The van der Waals surface area contributed by atoms with Crippen molar-refractivity contribution in [2.45, 2.75) is 44.7 Å². The van der Waals surface area contributed by atoms with Crippen LogP contribution in [0, 0.1) is 17.5 Å². The number of carbonyl (C=O) groups excluding carboxylic acids is 1. The number of amides is 1. The number of hydrogen-bond acceptors (Lipinski definition) is 7. The molecule has 1 atom stereocenters. The maximum atomic E-state index is 13.6. The lowest BCUT2D eigenvalue weighted by molar-refractivity contribution is -0.122. The maximum Gasteiger partial charge on any atom is 0.451 e. The molecule has 1 unspecified atom stereocenters. The fraction of sp³-hybridized carbons (Fsp3) is 0.467. The molecule has 1 aromatic carbocycles. The van der Waals surface area contributed by atoms with Crippen molar-refractivity contribution >= 4 is 13.0 Å². The topological polar surface area (TPSA) is 139 Å². The van der Waals surface area contributed by atoms with E-state index in [0.717, 1.165) is 0 Å².